The minimum Gasteiger partial charge on any atom is -0.364 e. The monoisotopic (exact) mass is 427 g/mol. The Morgan fingerprint density at radius 1 is 1.26 bits per heavy atom. The molecule has 4 heterocycles. The summed E-state index contributed by atoms with van der Waals surface area (Å²) in [4.78, 5) is 16.9. The zero-order chi connectivity index (χ0) is 21.8. The minimum atomic E-state index is -1.42. The standard InChI is InChI=1S/C22H23F2N5O2/c1-21(31-2)17-15(5-8-26-19(17)27-20(21)30)18-14-4-3-13(23)11-16(14)29(28-18)12-22(24)6-9-25-10-7-22/h3-5,8,11,25H,6-7,9-10,12H2,1-2H3,(H,26,27,30)/t21-/m0/s1. The number of carbonyl (C=O) groups is 1. The number of hydrogen-bond donors (Lipinski definition) is 2. The highest BCUT2D eigenvalue weighted by Crippen LogP contribution is 2.44. The normalized spacial score (nSPS) is 22.5. The molecule has 1 fully saturated rings. The third-order valence-electron chi connectivity index (χ3n) is 6.40. The molecular formula is C22H23F2N5O2. The summed E-state index contributed by atoms with van der Waals surface area (Å²) in [5.41, 5.74) is -0.423. The molecule has 9 heteroatoms. The van der Waals surface area contributed by atoms with E-state index in [9.17, 15) is 9.18 Å². The molecule has 5 rings (SSSR count). The van der Waals surface area contributed by atoms with E-state index in [-0.39, 0.29) is 12.5 Å². The number of aromatic nitrogens is 3. The van der Waals surface area contributed by atoms with E-state index in [1.165, 1.54) is 19.2 Å². The van der Waals surface area contributed by atoms with Gasteiger partial charge in [-0.25, -0.2) is 13.8 Å². The van der Waals surface area contributed by atoms with Gasteiger partial charge in [-0.05, 0) is 57.1 Å². The van der Waals surface area contributed by atoms with Crippen LogP contribution in [0.4, 0.5) is 14.6 Å². The lowest BCUT2D eigenvalue weighted by atomic mass is 9.92. The maximum Gasteiger partial charge on any atom is 0.262 e. The Bertz CT molecular complexity index is 1190. The van der Waals surface area contributed by atoms with Crippen LogP contribution in [-0.4, -0.2) is 46.5 Å². The molecule has 1 atom stereocenters. The highest BCUT2D eigenvalue weighted by molar-refractivity contribution is 6.07. The van der Waals surface area contributed by atoms with Crippen LogP contribution in [0.2, 0.25) is 0 Å². The largest absolute Gasteiger partial charge is 0.364 e. The summed E-state index contributed by atoms with van der Waals surface area (Å²) in [6.45, 7) is 2.88. The van der Waals surface area contributed by atoms with E-state index in [2.05, 4.69) is 15.6 Å². The van der Waals surface area contributed by atoms with Crippen LogP contribution in [0.1, 0.15) is 25.3 Å². The molecule has 0 saturated carbocycles. The first kappa shape index (κ1) is 20.0. The zero-order valence-corrected chi connectivity index (χ0v) is 17.3. The van der Waals surface area contributed by atoms with Gasteiger partial charge in [0.05, 0.1) is 12.1 Å². The molecule has 1 saturated heterocycles. The van der Waals surface area contributed by atoms with Crippen LogP contribution < -0.4 is 10.6 Å². The third kappa shape index (κ3) is 3.11. The maximum atomic E-state index is 15.5. The van der Waals surface area contributed by atoms with Crippen LogP contribution in [0.5, 0.6) is 0 Å². The Morgan fingerprint density at radius 3 is 2.77 bits per heavy atom. The molecule has 3 aromatic rings. The number of hydrogen-bond acceptors (Lipinski definition) is 5. The molecule has 0 unspecified atom stereocenters. The summed E-state index contributed by atoms with van der Waals surface area (Å²) in [6, 6.07) is 6.12. The number of nitrogens with zero attached hydrogens (tertiary/aromatic N) is 3. The number of anilines is 1. The Hall–Kier alpha value is -2.91. The van der Waals surface area contributed by atoms with Crippen molar-refractivity contribution in [1.29, 1.82) is 0 Å². The van der Waals surface area contributed by atoms with Crippen molar-refractivity contribution in [3.63, 3.8) is 0 Å². The summed E-state index contributed by atoms with van der Waals surface area (Å²) in [6.07, 6.45) is 2.31. The predicted molar refractivity (Wildman–Crippen MR) is 112 cm³/mol. The Balaban J connectivity index is 1.70. The van der Waals surface area contributed by atoms with E-state index in [4.69, 9.17) is 9.84 Å². The van der Waals surface area contributed by atoms with E-state index >= 15 is 4.39 Å². The molecule has 162 valence electrons. The van der Waals surface area contributed by atoms with Gasteiger partial charge in [0.1, 0.15) is 23.0 Å². The predicted octanol–water partition coefficient (Wildman–Crippen LogP) is 3.14. The second-order valence-corrected chi connectivity index (χ2v) is 8.34. The van der Waals surface area contributed by atoms with Crippen molar-refractivity contribution in [2.75, 3.05) is 25.5 Å². The maximum absolute atomic E-state index is 15.5. The van der Waals surface area contributed by atoms with Crippen LogP contribution in [0.25, 0.3) is 22.2 Å². The van der Waals surface area contributed by atoms with Gasteiger partial charge in [-0.3, -0.25) is 9.48 Å². The van der Waals surface area contributed by atoms with E-state index in [0.29, 0.717) is 59.5 Å². The molecule has 0 radical (unpaired) electrons. The molecule has 0 bridgehead atoms. The van der Waals surface area contributed by atoms with Crippen molar-refractivity contribution in [3.05, 3.63) is 41.8 Å². The van der Waals surface area contributed by atoms with Crippen LogP contribution >= 0.6 is 0 Å². The smallest absolute Gasteiger partial charge is 0.262 e. The van der Waals surface area contributed by atoms with Gasteiger partial charge in [0.2, 0.25) is 0 Å². The number of carbonyl (C=O) groups excluding carboxylic acids is 1. The fourth-order valence-corrected chi connectivity index (χ4v) is 4.54. The molecule has 1 aromatic carbocycles. The van der Waals surface area contributed by atoms with Gasteiger partial charge in [-0.2, -0.15) is 5.10 Å². The highest BCUT2D eigenvalue weighted by Gasteiger charge is 2.46. The van der Waals surface area contributed by atoms with Gasteiger partial charge in [0.25, 0.3) is 5.91 Å². The SMILES string of the molecule is CO[C@]1(C)C(=O)Nc2nccc(-c3nn(CC4(F)CCNCC4)c4cc(F)ccc34)c21. The van der Waals surface area contributed by atoms with Gasteiger partial charge >= 0.3 is 0 Å². The summed E-state index contributed by atoms with van der Waals surface area (Å²) in [7, 11) is 1.46. The number of methoxy groups -OCH3 is 1. The Morgan fingerprint density at radius 2 is 2.03 bits per heavy atom. The van der Waals surface area contributed by atoms with Crippen LogP contribution in [0.15, 0.2) is 30.5 Å². The number of rotatable bonds is 4. The minimum absolute atomic E-state index is 0.0284. The number of alkyl halides is 1. The van der Waals surface area contributed by atoms with E-state index in [1.54, 1.807) is 29.9 Å². The zero-order valence-electron chi connectivity index (χ0n) is 17.3. The number of halogens is 2. The fourth-order valence-electron chi connectivity index (χ4n) is 4.54. The number of benzene rings is 1. The molecule has 0 spiro atoms. The molecule has 2 aromatic heterocycles. The first-order valence-corrected chi connectivity index (χ1v) is 10.3. The van der Waals surface area contributed by atoms with Gasteiger partial charge in [-0.1, -0.05) is 0 Å². The van der Waals surface area contributed by atoms with Crippen molar-refractivity contribution in [1.82, 2.24) is 20.1 Å². The lowest BCUT2D eigenvalue weighted by molar-refractivity contribution is -0.135. The highest BCUT2D eigenvalue weighted by atomic mass is 19.1. The molecule has 2 aliphatic heterocycles. The number of pyridine rings is 1. The molecule has 2 N–H and O–H groups in total. The van der Waals surface area contributed by atoms with E-state index < -0.39 is 17.1 Å². The van der Waals surface area contributed by atoms with E-state index in [1.807, 2.05) is 0 Å². The van der Waals surface area contributed by atoms with Crippen molar-refractivity contribution in [3.8, 4) is 11.3 Å². The van der Waals surface area contributed by atoms with Crippen LogP contribution in [0.3, 0.4) is 0 Å². The summed E-state index contributed by atoms with van der Waals surface area (Å²) < 4.78 is 36.7. The lowest BCUT2D eigenvalue weighted by Crippen LogP contribution is -2.41. The number of amides is 1. The van der Waals surface area contributed by atoms with Crippen LogP contribution in [-0.2, 0) is 21.7 Å². The fraction of sp³-hybridized carbons (Fsp3) is 0.409. The van der Waals surface area contributed by atoms with Crippen molar-refractivity contribution in [2.24, 2.45) is 0 Å². The van der Waals surface area contributed by atoms with Gasteiger partial charge in [0.15, 0.2) is 5.60 Å². The second-order valence-electron chi connectivity index (χ2n) is 8.34. The quantitative estimate of drug-likeness (QED) is 0.669. The first-order valence-electron chi connectivity index (χ1n) is 10.3. The number of nitrogens with one attached hydrogen (secondary N) is 2. The average Bonchev–Trinajstić information content (AvgIpc) is 3.23. The van der Waals surface area contributed by atoms with Gasteiger partial charge in [-0.15, -0.1) is 0 Å². The number of ether oxygens (including phenoxy) is 1. The van der Waals surface area contributed by atoms with E-state index in [0.717, 1.165) is 0 Å². The number of fused-ring (bicyclic) bond motifs is 2. The third-order valence-corrected chi connectivity index (χ3v) is 6.40. The summed E-state index contributed by atoms with van der Waals surface area (Å²) in [5.74, 6) is -0.342. The van der Waals surface area contributed by atoms with Crippen LogP contribution in [0, 0.1) is 5.82 Å². The molecule has 1 amide bonds. The second kappa shape index (κ2) is 7.06. The average molecular weight is 427 g/mol. The molecule has 31 heavy (non-hydrogen) atoms. The summed E-state index contributed by atoms with van der Waals surface area (Å²) in [5, 5.41) is 11.3. The molecule has 0 aliphatic carbocycles. The van der Waals surface area contributed by atoms with Crippen molar-refractivity contribution in [2.45, 2.75) is 37.6 Å². The topological polar surface area (TPSA) is 81.1 Å². The molecular weight excluding hydrogens is 404 g/mol. The first-order chi connectivity index (χ1) is 14.8. The molecule has 2 aliphatic rings. The van der Waals surface area contributed by atoms with Crippen molar-refractivity contribution >= 4 is 22.6 Å². The Labute approximate surface area is 177 Å². The van der Waals surface area contributed by atoms with Gasteiger partial charge in [0, 0.05) is 29.8 Å². The van der Waals surface area contributed by atoms with Crippen molar-refractivity contribution < 1.29 is 18.3 Å². The number of piperidine rings is 1. The summed E-state index contributed by atoms with van der Waals surface area (Å²) >= 11 is 0. The lowest BCUT2D eigenvalue weighted by Gasteiger charge is -2.30. The van der Waals surface area contributed by atoms with Gasteiger partial charge < -0.3 is 15.4 Å². The Kier molecular flexibility index (Phi) is 4.56. The molecule has 7 nitrogen and oxygen atoms in total.